The molecule has 0 heterocycles. The zero-order valence-corrected chi connectivity index (χ0v) is 21.5. The topological polar surface area (TPSA) is 20.2 Å². The van der Waals surface area contributed by atoms with E-state index in [1.165, 1.54) is 69.8 Å². The number of fused-ring (bicyclic) bond motifs is 2. The summed E-state index contributed by atoms with van der Waals surface area (Å²) in [6.45, 7) is 19.2. The molecule has 0 aromatic rings. The van der Waals surface area contributed by atoms with Gasteiger partial charge in [-0.05, 0) is 135 Å². The van der Waals surface area contributed by atoms with E-state index in [0.717, 1.165) is 30.1 Å². The molecule has 31 heavy (non-hydrogen) atoms. The van der Waals surface area contributed by atoms with Crippen LogP contribution in [0.15, 0.2) is 12.2 Å². The van der Waals surface area contributed by atoms with Gasteiger partial charge in [-0.25, -0.2) is 0 Å². The highest BCUT2D eigenvalue weighted by Crippen LogP contribution is 2.88. The van der Waals surface area contributed by atoms with Gasteiger partial charge in [-0.2, -0.15) is 0 Å². The Balaban J connectivity index is 1.37. The largest absolute Gasteiger partial charge is 0.393 e. The van der Waals surface area contributed by atoms with E-state index in [2.05, 4.69) is 48.1 Å². The van der Waals surface area contributed by atoms with Gasteiger partial charge in [0, 0.05) is 0 Å². The number of aliphatic hydroxyl groups excluding tert-OH is 1. The van der Waals surface area contributed by atoms with Crippen molar-refractivity contribution in [2.24, 2.45) is 57.2 Å². The first kappa shape index (κ1) is 22.5. The summed E-state index contributed by atoms with van der Waals surface area (Å²) in [5.41, 5.74) is 3.69. The van der Waals surface area contributed by atoms with Crippen LogP contribution >= 0.6 is 0 Å². The number of aliphatic hydroxyl groups is 1. The SMILES string of the molecule is C=C(C)[C@H](C)CC[C@H](C)[C@H]1CC[C@@]2(C)[C@@H]3CC[C@@H]4[C@H](C)[C@@H](O)CC[C@@]45C[C@@]35CC[C@]12C. The van der Waals surface area contributed by atoms with Crippen LogP contribution in [0.5, 0.6) is 0 Å². The average molecular weight is 427 g/mol. The minimum atomic E-state index is -0.0347. The maximum atomic E-state index is 10.6. The van der Waals surface area contributed by atoms with Crippen LogP contribution in [-0.2, 0) is 0 Å². The van der Waals surface area contributed by atoms with Crippen molar-refractivity contribution in [1.82, 2.24) is 0 Å². The van der Waals surface area contributed by atoms with Crippen molar-refractivity contribution in [3.05, 3.63) is 12.2 Å². The molecule has 2 spiro atoms. The molecule has 1 nitrogen and oxygen atoms in total. The molecule has 0 radical (unpaired) electrons. The third-order valence-electron chi connectivity index (χ3n) is 13.3. The fourth-order valence-electron chi connectivity index (χ4n) is 10.9. The highest BCUT2D eigenvalue weighted by atomic mass is 16.3. The van der Waals surface area contributed by atoms with Crippen LogP contribution in [0.4, 0.5) is 0 Å². The predicted molar refractivity (Wildman–Crippen MR) is 131 cm³/mol. The van der Waals surface area contributed by atoms with Crippen LogP contribution in [0.25, 0.3) is 0 Å². The van der Waals surface area contributed by atoms with Gasteiger partial charge in [0.1, 0.15) is 0 Å². The lowest BCUT2D eigenvalue weighted by atomic mass is 9.43. The Hall–Kier alpha value is -0.300. The summed E-state index contributed by atoms with van der Waals surface area (Å²) in [6, 6.07) is 0. The van der Waals surface area contributed by atoms with Crippen LogP contribution in [-0.4, -0.2) is 11.2 Å². The van der Waals surface area contributed by atoms with Crippen molar-refractivity contribution in [2.45, 2.75) is 118 Å². The molecule has 0 amide bonds. The van der Waals surface area contributed by atoms with Gasteiger partial charge in [-0.15, -0.1) is 0 Å². The molecule has 176 valence electrons. The second-order valence-corrected chi connectivity index (χ2v) is 14.0. The first-order valence-electron chi connectivity index (χ1n) is 13.9. The molecule has 5 rings (SSSR count). The van der Waals surface area contributed by atoms with E-state index in [9.17, 15) is 5.11 Å². The van der Waals surface area contributed by atoms with Gasteiger partial charge < -0.3 is 5.11 Å². The summed E-state index contributed by atoms with van der Waals surface area (Å²) in [7, 11) is 0. The Kier molecular flexibility index (Phi) is 5.15. The lowest BCUT2D eigenvalue weighted by Gasteiger charge is -2.62. The molecule has 0 bridgehead atoms. The molecule has 0 aliphatic heterocycles. The number of hydrogen-bond acceptors (Lipinski definition) is 1. The van der Waals surface area contributed by atoms with Crippen LogP contribution in [0, 0.1) is 57.2 Å². The Morgan fingerprint density at radius 1 is 0.935 bits per heavy atom. The summed E-state index contributed by atoms with van der Waals surface area (Å²) in [5, 5.41) is 10.6. The maximum Gasteiger partial charge on any atom is 0.0568 e. The van der Waals surface area contributed by atoms with Crippen molar-refractivity contribution >= 4 is 0 Å². The van der Waals surface area contributed by atoms with Crippen LogP contribution < -0.4 is 0 Å². The summed E-state index contributed by atoms with van der Waals surface area (Å²) in [5.74, 6) is 4.71. The Labute approximate surface area is 192 Å². The Morgan fingerprint density at radius 3 is 2.39 bits per heavy atom. The first-order chi connectivity index (χ1) is 14.5. The average Bonchev–Trinajstić information content (AvgIpc) is 3.31. The number of rotatable bonds is 5. The van der Waals surface area contributed by atoms with Crippen molar-refractivity contribution in [3.8, 4) is 0 Å². The molecule has 1 heteroatoms. The van der Waals surface area contributed by atoms with Gasteiger partial charge in [0.05, 0.1) is 6.10 Å². The van der Waals surface area contributed by atoms with Gasteiger partial charge in [0.2, 0.25) is 0 Å². The zero-order chi connectivity index (χ0) is 22.4. The van der Waals surface area contributed by atoms with E-state index in [4.69, 9.17) is 0 Å². The smallest absolute Gasteiger partial charge is 0.0568 e. The Bertz CT molecular complexity index is 741. The lowest BCUT2D eigenvalue weighted by molar-refractivity contribution is -0.143. The molecule has 0 saturated heterocycles. The normalized spacial score (nSPS) is 54.7. The molecule has 0 unspecified atom stereocenters. The summed E-state index contributed by atoms with van der Waals surface area (Å²) in [4.78, 5) is 0. The van der Waals surface area contributed by atoms with E-state index in [1.807, 2.05) is 0 Å². The van der Waals surface area contributed by atoms with E-state index in [1.54, 1.807) is 0 Å². The summed E-state index contributed by atoms with van der Waals surface area (Å²) >= 11 is 0. The van der Waals surface area contributed by atoms with Crippen LogP contribution in [0.2, 0.25) is 0 Å². The van der Waals surface area contributed by atoms with Crippen molar-refractivity contribution < 1.29 is 5.11 Å². The molecule has 11 atom stereocenters. The number of allylic oxidation sites excluding steroid dienone is 1. The summed E-state index contributed by atoms with van der Waals surface area (Å²) in [6.07, 6.45) is 15.3. The molecule has 1 N–H and O–H groups in total. The molecule has 5 fully saturated rings. The zero-order valence-electron chi connectivity index (χ0n) is 21.5. The molecule has 0 aromatic heterocycles. The van der Waals surface area contributed by atoms with Gasteiger partial charge >= 0.3 is 0 Å². The molecule has 5 aliphatic rings. The Morgan fingerprint density at radius 2 is 1.68 bits per heavy atom. The minimum Gasteiger partial charge on any atom is -0.393 e. The van der Waals surface area contributed by atoms with Gasteiger partial charge in [-0.1, -0.05) is 46.8 Å². The molecular weight excluding hydrogens is 376 g/mol. The highest BCUT2D eigenvalue weighted by Gasteiger charge is 2.81. The molecule has 5 saturated carbocycles. The highest BCUT2D eigenvalue weighted by molar-refractivity contribution is 5.29. The fraction of sp³-hybridized carbons (Fsp3) is 0.933. The van der Waals surface area contributed by atoms with Gasteiger partial charge in [0.15, 0.2) is 0 Å². The molecular formula is C30H50O. The third-order valence-corrected chi connectivity index (χ3v) is 13.3. The predicted octanol–water partition coefficient (Wildman–Crippen LogP) is 8.02. The minimum absolute atomic E-state index is 0.0347. The lowest BCUT2D eigenvalue weighted by Crippen LogP contribution is -2.55. The second kappa shape index (κ2) is 7.10. The number of hydrogen-bond donors (Lipinski definition) is 1. The van der Waals surface area contributed by atoms with Crippen molar-refractivity contribution in [3.63, 3.8) is 0 Å². The second-order valence-electron chi connectivity index (χ2n) is 14.0. The van der Waals surface area contributed by atoms with Crippen LogP contribution in [0.3, 0.4) is 0 Å². The van der Waals surface area contributed by atoms with Gasteiger partial charge in [-0.3, -0.25) is 0 Å². The van der Waals surface area contributed by atoms with E-state index in [0.29, 0.717) is 33.5 Å². The van der Waals surface area contributed by atoms with Crippen molar-refractivity contribution in [2.75, 3.05) is 0 Å². The molecule has 0 aromatic carbocycles. The third kappa shape index (κ3) is 2.77. The first-order valence-corrected chi connectivity index (χ1v) is 13.9. The van der Waals surface area contributed by atoms with Crippen molar-refractivity contribution in [1.29, 1.82) is 0 Å². The van der Waals surface area contributed by atoms with E-state index in [-0.39, 0.29) is 6.10 Å². The monoisotopic (exact) mass is 426 g/mol. The quantitative estimate of drug-likeness (QED) is 0.441. The summed E-state index contributed by atoms with van der Waals surface area (Å²) < 4.78 is 0. The van der Waals surface area contributed by atoms with Crippen LogP contribution in [0.1, 0.15) is 112 Å². The maximum absolute atomic E-state index is 10.6. The molecule has 5 aliphatic carbocycles. The van der Waals surface area contributed by atoms with Gasteiger partial charge in [0.25, 0.3) is 0 Å². The van der Waals surface area contributed by atoms with E-state index >= 15 is 0 Å². The standard InChI is InChI=1S/C30H50O/c1-19(2)20(3)8-9-21(4)23-12-14-28(7)26-11-10-24-22(5)25(31)13-15-29(24)18-30(26,29)17-16-27(23,28)6/h20-26,31H,1,8-18H2,2-7H3/t20-,21+,22+,23-,24-,25+,26+,27-,28+,29-,30+/m1/s1. The fourth-order valence-corrected chi connectivity index (χ4v) is 10.9. The van der Waals surface area contributed by atoms with E-state index < -0.39 is 0 Å².